The van der Waals surface area contributed by atoms with Crippen molar-refractivity contribution < 1.29 is 4.74 Å². The fraction of sp³-hybridized carbons (Fsp3) is 0.280. The molecule has 2 unspecified atom stereocenters. The fourth-order valence-corrected chi connectivity index (χ4v) is 2.92. The van der Waals surface area contributed by atoms with Crippen LogP contribution in [0.1, 0.15) is 50.7 Å². The van der Waals surface area contributed by atoms with Gasteiger partial charge in [0.1, 0.15) is 5.75 Å². The molecule has 0 heterocycles. The van der Waals surface area contributed by atoms with E-state index in [1.807, 2.05) is 30.3 Å². The van der Waals surface area contributed by atoms with Crippen LogP contribution in [0.3, 0.4) is 0 Å². The monoisotopic (exact) mass is 348 g/mol. The number of rotatable bonds is 5. The highest BCUT2D eigenvalue weighted by molar-refractivity contribution is 5.23. The van der Waals surface area contributed by atoms with Gasteiger partial charge in [0.05, 0.1) is 7.11 Å². The fourth-order valence-electron chi connectivity index (χ4n) is 2.92. The van der Waals surface area contributed by atoms with Crippen LogP contribution in [-0.4, -0.2) is 7.11 Å². The largest absolute Gasteiger partial charge is 0.497 e. The molecule has 0 fully saturated rings. The van der Waals surface area contributed by atoms with Crippen LogP contribution >= 0.6 is 0 Å². The Labute approximate surface area is 159 Å². The van der Waals surface area contributed by atoms with E-state index in [0.29, 0.717) is 11.8 Å². The van der Waals surface area contributed by atoms with Gasteiger partial charge in [0.25, 0.3) is 0 Å². The highest BCUT2D eigenvalue weighted by Crippen LogP contribution is 2.28. The Hall–Kier alpha value is -2.54. The van der Waals surface area contributed by atoms with Gasteiger partial charge in [0.15, 0.2) is 0 Å². The van der Waals surface area contributed by atoms with E-state index >= 15 is 0 Å². The van der Waals surface area contributed by atoms with E-state index in [4.69, 9.17) is 4.74 Å². The molecule has 0 aromatic heterocycles. The van der Waals surface area contributed by atoms with Crippen molar-refractivity contribution in [1.82, 2.24) is 0 Å². The molecule has 0 amide bonds. The van der Waals surface area contributed by atoms with E-state index in [1.54, 1.807) is 7.11 Å². The minimum Gasteiger partial charge on any atom is -0.497 e. The summed E-state index contributed by atoms with van der Waals surface area (Å²) in [7, 11) is 1.66. The van der Waals surface area contributed by atoms with Crippen molar-refractivity contribution in [3.63, 3.8) is 0 Å². The van der Waals surface area contributed by atoms with Gasteiger partial charge < -0.3 is 4.74 Å². The third kappa shape index (κ3) is 7.14. The Morgan fingerprint density at radius 1 is 0.615 bits per heavy atom. The first kappa shape index (κ1) is 21.5. The molecule has 1 nitrogen and oxygen atoms in total. The Kier molecular flexibility index (Phi) is 9.86. The molecule has 1 heteroatoms. The second-order valence-electron chi connectivity index (χ2n) is 6.38. The van der Waals surface area contributed by atoms with Crippen LogP contribution in [0, 0.1) is 0 Å². The number of ether oxygens (including phenoxy) is 1. The molecule has 138 valence electrons. The standard InChI is InChI=1S/C17H20.C7H8O.CH4/c1-14(16-9-5-3-6-10-16)13-15(2)17-11-7-4-8-12-17;1-8-7-5-3-2-4-6-7;/h3-12,14-15H,13H2,1-2H3;2-6H,1H3;1H4. The van der Waals surface area contributed by atoms with Crippen molar-refractivity contribution in [2.75, 3.05) is 7.11 Å². The summed E-state index contributed by atoms with van der Waals surface area (Å²) in [5, 5.41) is 0. The van der Waals surface area contributed by atoms with Gasteiger partial charge >= 0.3 is 0 Å². The predicted octanol–water partition coefficient (Wildman–Crippen LogP) is 7.32. The van der Waals surface area contributed by atoms with Crippen LogP contribution in [-0.2, 0) is 0 Å². The zero-order valence-electron chi connectivity index (χ0n) is 15.4. The van der Waals surface area contributed by atoms with Gasteiger partial charge in [-0.1, -0.05) is 100 Å². The Balaban J connectivity index is 0.000000318. The van der Waals surface area contributed by atoms with Gasteiger partial charge in [-0.05, 0) is 41.5 Å². The van der Waals surface area contributed by atoms with E-state index < -0.39 is 0 Å². The summed E-state index contributed by atoms with van der Waals surface area (Å²) in [4.78, 5) is 0. The van der Waals surface area contributed by atoms with Crippen molar-refractivity contribution in [3.05, 3.63) is 102 Å². The SMILES string of the molecule is C.CC(CC(C)c1ccccc1)c1ccccc1.COc1ccccc1. The van der Waals surface area contributed by atoms with E-state index in [1.165, 1.54) is 17.5 Å². The van der Waals surface area contributed by atoms with Crippen LogP contribution in [0.4, 0.5) is 0 Å². The Morgan fingerprint density at radius 2 is 0.962 bits per heavy atom. The van der Waals surface area contributed by atoms with Crippen LogP contribution in [0.2, 0.25) is 0 Å². The summed E-state index contributed by atoms with van der Waals surface area (Å²) in [5.74, 6) is 2.14. The smallest absolute Gasteiger partial charge is 0.118 e. The van der Waals surface area contributed by atoms with Crippen molar-refractivity contribution >= 4 is 0 Å². The highest BCUT2D eigenvalue weighted by atomic mass is 16.5. The maximum Gasteiger partial charge on any atom is 0.118 e. The lowest BCUT2D eigenvalue weighted by molar-refractivity contribution is 0.415. The first-order valence-corrected chi connectivity index (χ1v) is 8.89. The summed E-state index contributed by atoms with van der Waals surface area (Å²) in [6.45, 7) is 4.63. The van der Waals surface area contributed by atoms with Crippen LogP contribution in [0.5, 0.6) is 5.75 Å². The maximum atomic E-state index is 4.91. The van der Waals surface area contributed by atoms with Gasteiger partial charge in [-0.15, -0.1) is 0 Å². The lowest BCUT2D eigenvalue weighted by Gasteiger charge is -2.18. The third-order valence-corrected chi connectivity index (χ3v) is 4.42. The topological polar surface area (TPSA) is 9.23 Å². The minimum atomic E-state index is 0. The van der Waals surface area contributed by atoms with E-state index in [0.717, 1.165) is 5.75 Å². The average Bonchev–Trinajstić information content (AvgIpc) is 2.70. The minimum absolute atomic E-state index is 0. The van der Waals surface area contributed by atoms with Crippen LogP contribution in [0.25, 0.3) is 0 Å². The lowest BCUT2D eigenvalue weighted by atomic mass is 9.87. The summed E-state index contributed by atoms with van der Waals surface area (Å²) in [6, 6.07) is 31.2. The second kappa shape index (κ2) is 11.9. The molecule has 0 aliphatic heterocycles. The second-order valence-corrected chi connectivity index (χ2v) is 6.38. The molecule has 0 aliphatic rings. The molecule has 3 rings (SSSR count). The lowest BCUT2D eigenvalue weighted by Crippen LogP contribution is -2.00. The van der Waals surface area contributed by atoms with Gasteiger partial charge in [0.2, 0.25) is 0 Å². The predicted molar refractivity (Wildman–Crippen MR) is 114 cm³/mol. The highest BCUT2D eigenvalue weighted by Gasteiger charge is 2.11. The quantitative estimate of drug-likeness (QED) is 0.469. The molecule has 3 aromatic carbocycles. The Bertz CT molecular complexity index is 648. The molecule has 0 N–H and O–H groups in total. The maximum absolute atomic E-state index is 4.91. The van der Waals surface area contributed by atoms with E-state index in [2.05, 4.69) is 74.5 Å². The molecule has 0 saturated heterocycles. The number of benzene rings is 3. The Morgan fingerprint density at radius 3 is 1.27 bits per heavy atom. The van der Waals surface area contributed by atoms with Gasteiger partial charge in [0, 0.05) is 0 Å². The first-order chi connectivity index (χ1) is 12.2. The molecule has 0 bridgehead atoms. The third-order valence-electron chi connectivity index (χ3n) is 4.42. The summed E-state index contributed by atoms with van der Waals surface area (Å²) < 4.78 is 4.91. The van der Waals surface area contributed by atoms with Crippen molar-refractivity contribution in [2.24, 2.45) is 0 Å². The molecule has 0 aliphatic carbocycles. The molecule has 3 aromatic rings. The van der Waals surface area contributed by atoms with Crippen molar-refractivity contribution in [2.45, 2.75) is 39.5 Å². The van der Waals surface area contributed by atoms with Crippen LogP contribution in [0.15, 0.2) is 91.0 Å². The van der Waals surface area contributed by atoms with Gasteiger partial charge in [-0.2, -0.15) is 0 Å². The van der Waals surface area contributed by atoms with E-state index in [9.17, 15) is 0 Å². The molecular formula is C25H32O. The zero-order chi connectivity index (χ0) is 17.9. The molecule has 26 heavy (non-hydrogen) atoms. The van der Waals surface area contributed by atoms with Crippen LogP contribution < -0.4 is 4.74 Å². The van der Waals surface area contributed by atoms with E-state index in [-0.39, 0.29) is 7.43 Å². The normalized spacial score (nSPS) is 12.0. The summed E-state index contributed by atoms with van der Waals surface area (Å²) in [6.07, 6.45) is 1.20. The van der Waals surface area contributed by atoms with Gasteiger partial charge in [-0.3, -0.25) is 0 Å². The number of hydrogen-bond donors (Lipinski definition) is 0. The summed E-state index contributed by atoms with van der Waals surface area (Å²) in [5.41, 5.74) is 2.88. The molecular weight excluding hydrogens is 316 g/mol. The number of methoxy groups -OCH3 is 1. The molecule has 0 saturated carbocycles. The molecule has 0 spiro atoms. The van der Waals surface area contributed by atoms with Gasteiger partial charge in [-0.25, -0.2) is 0 Å². The van der Waals surface area contributed by atoms with Crippen molar-refractivity contribution in [3.8, 4) is 5.75 Å². The molecule has 0 radical (unpaired) electrons. The summed E-state index contributed by atoms with van der Waals surface area (Å²) >= 11 is 0. The average molecular weight is 349 g/mol. The molecule has 2 atom stereocenters. The zero-order valence-corrected chi connectivity index (χ0v) is 15.4. The first-order valence-electron chi connectivity index (χ1n) is 8.89. The van der Waals surface area contributed by atoms with Crippen molar-refractivity contribution in [1.29, 1.82) is 0 Å². The number of para-hydroxylation sites is 1. The number of hydrogen-bond acceptors (Lipinski definition) is 1.